The van der Waals surface area contributed by atoms with Gasteiger partial charge in [-0.3, -0.25) is 9.59 Å². The van der Waals surface area contributed by atoms with Crippen molar-refractivity contribution in [3.8, 4) is 0 Å². The molecule has 0 aromatic heterocycles. The van der Waals surface area contributed by atoms with Crippen LogP contribution in [-0.4, -0.2) is 37.0 Å². The first kappa shape index (κ1) is 15.7. The topological polar surface area (TPSA) is 46.6 Å². The van der Waals surface area contributed by atoms with Gasteiger partial charge in [0, 0.05) is 13.1 Å². The van der Waals surface area contributed by atoms with Crippen molar-refractivity contribution in [3.63, 3.8) is 0 Å². The minimum atomic E-state index is -1.13. The Morgan fingerprint density at radius 1 is 1.33 bits per heavy atom. The van der Waals surface area contributed by atoms with Gasteiger partial charge < -0.3 is 9.64 Å². The van der Waals surface area contributed by atoms with Gasteiger partial charge in [-0.05, 0) is 25.0 Å². The maximum atomic E-state index is 13.3. The number of hydrogen-bond donors (Lipinski definition) is 0. The molecule has 114 valence electrons. The molecule has 1 aliphatic rings. The van der Waals surface area contributed by atoms with Crippen molar-refractivity contribution in [1.82, 2.24) is 4.90 Å². The summed E-state index contributed by atoms with van der Waals surface area (Å²) in [6.45, 7) is 0.614. The molecule has 4 nitrogen and oxygen atoms in total. The summed E-state index contributed by atoms with van der Waals surface area (Å²) in [5, 5.41) is -0.154. The summed E-state index contributed by atoms with van der Waals surface area (Å²) in [5.41, 5.74) is -0.110. The Kier molecular flexibility index (Phi) is 4.77. The predicted octanol–water partition coefficient (Wildman–Crippen LogP) is 2.64. The van der Waals surface area contributed by atoms with Gasteiger partial charge in [-0.1, -0.05) is 11.6 Å². The van der Waals surface area contributed by atoms with Gasteiger partial charge in [-0.2, -0.15) is 0 Å². The van der Waals surface area contributed by atoms with E-state index in [4.69, 9.17) is 11.6 Å². The molecule has 1 aromatic carbocycles. The number of rotatable bonds is 2. The lowest BCUT2D eigenvalue weighted by molar-refractivity contribution is -0.146. The third-order valence-corrected chi connectivity index (χ3v) is 3.80. The zero-order valence-electron chi connectivity index (χ0n) is 11.4. The van der Waals surface area contributed by atoms with Gasteiger partial charge in [-0.25, -0.2) is 8.78 Å². The van der Waals surface area contributed by atoms with Crippen molar-refractivity contribution in [2.45, 2.75) is 12.8 Å². The van der Waals surface area contributed by atoms with Gasteiger partial charge in [-0.15, -0.1) is 0 Å². The molecule has 21 heavy (non-hydrogen) atoms. The minimum Gasteiger partial charge on any atom is -0.469 e. The number of carbonyl (C=O) groups excluding carboxylic acids is 2. The smallest absolute Gasteiger partial charge is 0.310 e. The highest BCUT2D eigenvalue weighted by molar-refractivity contribution is 6.33. The molecule has 1 aromatic rings. The quantitative estimate of drug-likeness (QED) is 0.622. The predicted molar refractivity (Wildman–Crippen MR) is 72.0 cm³/mol. The first-order valence-corrected chi connectivity index (χ1v) is 6.83. The summed E-state index contributed by atoms with van der Waals surface area (Å²) in [6, 6.07) is 1.55. The van der Waals surface area contributed by atoms with E-state index in [0.29, 0.717) is 19.4 Å². The van der Waals surface area contributed by atoms with Crippen LogP contribution in [-0.2, 0) is 9.53 Å². The fraction of sp³-hybridized carbons (Fsp3) is 0.429. The number of esters is 1. The van der Waals surface area contributed by atoms with E-state index in [1.54, 1.807) is 0 Å². The second kappa shape index (κ2) is 6.39. The van der Waals surface area contributed by atoms with E-state index in [2.05, 4.69) is 4.74 Å². The van der Waals surface area contributed by atoms with Crippen LogP contribution in [0, 0.1) is 17.6 Å². The third kappa shape index (κ3) is 3.32. The number of likely N-dealkylation sites (tertiary alicyclic amines) is 1. The zero-order chi connectivity index (χ0) is 15.6. The van der Waals surface area contributed by atoms with Gasteiger partial charge in [0.2, 0.25) is 0 Å². The van der Waals surface area contributed by atoms with E-state index in [-0.39, 0.29) is 23.1 Å². The number of halogens is 3. The molecule has 1 heterocycles. The number of nitrogens with zero attached hydrogens (tertiary/aromatic N) is 1. The van der Waals surface area contributed by atoms with Crippen molar-refractivity contribution >= 4 is 23.5 Å². The van der Waals surface area contributed by atoms with Gasteiger partial charge in [0.15, 0.2) is 11.6 Å². The number of methoxy groups -OCH3 is 1. The van der Waals surface area contributed by atoms with Crippen molar-refractivity contribution < 1.29 is 23.1 Å². The first-order valence-electron chi connectivity index (χ1n) is 6.45. The van der Waals surface area contributed by atoms with Gasteiger partial charge >= 0.3 is 5.97 Å². The Morgan fingerprint density at radius 2 is 2.00 bits per heavy atom. The first-order chi connectivity index (χ1) is 9.93. The van der Waals surface area contributed by atoms with Crippen molar-refractivity contribution in [2.24, 2.45) is 5.92 Å². The number of benzene rings is 1. The van der Waals surface area contributed by atoms with Crippen LogP contribution in [0.1, 0.15) is 23.2 Å². The van der Waals surface area contributed by atoms with Crippen LogP contribution in [0.25, 0.3) is 0 Å². The fourth-order valence-electron chi connectivity index (χ4n) is 2.38. The van der Waals surface area contributed by atoms with Crippen molar-refractivity contribution in [1.29, 1.82) is 0 Å². The lowest BCUT2D eigenvalue weighted by atomic mass is 9.97. The monoisotopic (exact) mass is 317 g/mol. The number of amides is 1. The van der Waals surface area contributed by atoms with Crippen LogP contribution in [0.15, 0.2) is 12.1 Å². The molecule has 7 heteroatoms. The molecule has 1 aliphatic heterocycles. The Bertz CT molecular complexity index is 580. The molecule has 1 amide bonds. The Morgan fingerprint density at radius 3 is 2.67 bits per heavy atom. The van der Waals surface area contributed by atoms with E-state index in [9.17, 15) is 18.4 Å². The lowest BCUT2D eigenvalue weighted by Gasteiger charge is -2.31. The van der Waals surface area contributed by atoms with Crippen LogP contribution in [0.5, 0.6) is 0 Å². The summed E-state index contributed by atoms with van der Waals surface area (Å²) >= 11 is 5.80. The molecular formula is C14H14ClF2NO3. The molecule has 0 spiro atoms. The minimum absolute atomic E-state index is 0.110. The van der Waals surface area contributed by atoms with E-state index < -0.39 is 23.5 Å². The Hall–Kier alpha value is -1.69. The van der Waals surface area contributed by atoms with Gasteiger partial charge in [0.25, 0.3) is 5.91 Å². The average Bonchev–Trinajstić information content (AvgIpc) is 2.49. The van der Waals surface area contributed by atoms with E-state index in [0.717, 1.165) is 12.1 Å². The van der Waals surface area contributed by atoms with Crippen LogP contribution >= 0.6 is 11.6 Å². The zero-order valence-corrected chi connectivity index (χ0v) is 12.1. The number of ether oxygens (including phenoxy) is 1. The summed E-state index contributed by atoms with van der Waals surface area (Å²) in [4.78, 5) is 25.3. The third-order valence-electron chi connectivity index (χ3n) is 3.48. The summed E-state index contributed by atoms with van der Waals surface area (Å²) < 4.78 is 31.0. The summed E-state index contributed by atoms with van der Waals surface area (Å²) in [7, 11) is 1.29. The Labute approximate surface area is 125 Å². The Balaban J connectivity index is 2.20. The number of hydrogen-bond acceptors (Lipinski definition) is 3. The molecule has 1 fully saturated rings. The second-order valence-corrected chi connectivity index (χ2v) is 5.27. The number of carbonyl (C=O) groups is 2. The summed E-state index contributed by atoms with van der Waals surface area (Å²) in [5.74, 6) is -3.56. The lowest BCUT2D eigenvalue weighted by Crippen LogP contribution is -2.42. The molecular weight excluding hydrogens is 304 g/mol. The molecule has 0 saturated carbocycles. The highest BCUT2D eigenvalue weighted by atomic mass is 35.5. The highest BCUT2D eigenvalue weighted by Gasteiger charge is 2.30. The molecule has 0 aliphatic carbocycles. The fourth-order valence-corrected chi connectivity index (χ4v) is 2.61. The maximum absolute atomic E-state index is 13.3. The van der Waals surface area contributed by atoms with Gasteiger partial charge in [0.05, 0.1) is 23.6 Å². The van der Waals surface area contributed by atoms with Gasteiger partial charge in [0.1, 0.15) is 0 Å². The normalized spacial score (nSPS) is 18.5. The average molecular weight is 318 g/mol. The van der Waals surface area contributed by atoms with E-state index in [1.807, 2.05) is 0 Å². The number of piperidine rings is 1. The summed E-state index contributed by atoms with van der Waals surface area (Å²) in [6.07, 6.45) is 1.26. The van der Waals surface area contributed by atoms with Crippen LogP contribution in [0.2, 0.25) is 5.02 Å². The second-order valence-electron chi connectivity index (χ2n) is 4.86. The standard InChI is InChI=1S/C14H14ClF2NO3/c1-21-14(20)8-3-2-4-18(7-8)13(19)9-5-11(16)12(17)6-10(9)15/h5-6,8H,2-4,7H2,1H3/t8-/m0/s1. The molecule has 1 saturated heterocycles. The van der Waals surface area contributed by atoms with Crippen molar-refractivity contribution in [3.05, 3.63) is 34.4 Å². The molecule has 2 rings (SSSR count). The molecule has 1 atom stereocenters. The molecule has 0 N–H and O–H groups in total. The SMILES string of the molecule is COC(=O)[C@H]1CCCN(C(=O)c2cc(F)c(F)cc2Cl)C1. The molecule has 0 unspecified atom stereocenters. The van der Waals surface area contributed by atoms with E-state index >= 15 is 0 Å². The molecule has 0 bridgehead atoms. The molecule has 0 radical (unpaired) electrons. The maximum Gasteiger partial charge on any atom is 0.310 e. The highest BCUT2D eigenvalue weighted by Crippen LogP contribution is 2.25. The van der Waals surface area contributed by atoms with Crippen LogP contribution in [0.3, 0.4) is 0 Å². The van der Waals surface area contributed by atoms with Crippen LogP contribution < -0.4 is 0 Å². The largest absolute Gasteiger partial charge is 0.469 e. The van der Waals surface area contributed by atoms with Crippen molar-refractivity contribution in [2.75, 3.05) is 20.2 Å². The van der Waals surface area contributed by atoms with Crippen LogP contribution in [0.4, 0.5) is 8.78 Å². The van der Waals surface area contributed by atoms with E-state index in [1.165, 1.54) is 12.0 Å².